The van der Waals surface area contributed by atoms with Gasteiger partial charge < -0.3 is 19.4 Å². The Hall–Kier alpha value is -2.30. The molecule has 2 aromatic rings. The number of hydrogen-bond acceptors (Lipinski definition) is 3. The summed E-state index contributed by atoms with van der Waals surface area (Å²) in [7, 11) is 1.93. The lowest BCUT2D eigenvalue weighted by molar-refractivity contribution is -0.109. The van der Waals surface area contributed by atoms with Crippen LogP contribution in [0.1, 0.15) is 32.4 Å². The van der Waals surface area contributed by atoms with Gasteiger partial charge in [0, 0.05) is 18.8 Å². The van der Waals surface area contributed by atoms with Crippen molar-refractivity contribution in [3.05, 3.63) is 36.0 Å². The predicted molar refractivity (Wildman–Crippen MR) is 81.1 cm³/mol. The summed E-state index contributed by atoms with van der Waals surface area (Å²) in [4.78, 5) is 23.1. The Labute approximate surface area is 123 Å². The van der Waals surface area contributed by atoms with Crippen LogP contribution in [0, 0.1) is 0 Å². The Morgan fingerprint density at radius 3 is 2.67 bits per heavy atom. The highest BCUT2D eigenvalue weighted by Gasteiger charge is 2.20. The van der Waals surface area contributed by atoms with Gasteiger partial charge in [-0.25, -0.2) is 4.79 Å². The number of benzene rings is 1. The summed E-state index contributed by atoms with van der Waals surface area (Å²) in [6.45, 7) is 5.33. The molecule has 0 aliphatic heterocycles. The molecule has 1 aromatic heterocycles. The summed E-state index contributed by atoms with van der Waals surface area (Å²) in [5.41, 5.74) is 1.13. The van der Waals surface area contributed by atoms with Crippen LogP contribution in [0.4, 0.5) is 4.79 Å². The smallest absolute Gasteiger partial charge is 0.408 e. The van der Waals surface area contributed by atoms with Gasteiger partial charge in [0.25, 0.3) is 0 Å². The van der Waals surface area contributed by atoms with Crippen molar-refractivity contribution >= 4 is 23.3 Å². The van der Waals surface area contributed by atoms with Gasteiger partial charge in [0.2, 0.25) is 0 Å². The first-order chi connectivity index (χ1) is 9.80. The lowest BCUT2D eigenvalue weighted by Gasteiger charge is -2.21. The minimum Gasteiger partial charge on any atom is -0.444 e. The van der Waals surface area contributed by atoms with E-state index < -0.39 is 17.7 Å². The van der Waals surface area contributed by atoms with Crippen LogP contribution in [0.25, 0.3) is 10.9 Å². The van der Waals surface area contributed by atoms with E-state index in [4.69, 9.17) is 4.74 Å². The third kappa shape index (κ3) is 3.62. The molecule has 112 valence electrons. The van der Waals surface area contributed by atoms with Gasteiger partial charge in [-0.05, 0) is 43.9 Å². The molecule has 5 heteroatoms. The van der Waals surface area contributed by atoms with Gasteiger partial charge >= 0.3 is 6.09 Å². The third-order valence-electron chi connectivity index (χ3n) is 3.08. The average molecular weight is 288 g/mol. The van der Waals surface area contributed by atoms with Crippen molar-refractivity contribution in [3.63, 3.8) is 0 Å². The maximum Gasteiger partial charge on any atom is 0.408 e. The fourth-order valence-corrected chi connectivity index (χ4v) is 2.10. The first-order valence-corrected chi connectivity index (χ1v) is 6.80. The molecule has 0 fully saturated rings. The van der Waals surface area contributed by atoms with Gasteiger partial charge in [-0.15, -0.1) is 0 Å². The quantitative estimate of drug-likeness (QED) is 0.883. The van der Waals surface area contributed by atoms with Crippen molar-refractivity contribution in [2.75, 3.05) is 0 Å². The van der Waals surface area contributed by atoms with Crippen molar-refractivity contribution in [2.24, 2.45) is 7.05 Å². The lowest BCUT2D eigenvalue weighted by Crippen LogP contribution is -2.35. The molecule has 0 aliphatic carbocycles. The molecule has 0 saturated carbocycles. The largest absolute Gasteiger partial charge is 0.444 e. The summed E-state index contributed by atoms with van der Waals surface area (Å²) in [6, 6.07) is 6.93. The number of hydrogen-bond donors (Lipinski definition) is 1. The zero-order chi connectivity index (χ0) is 15.6. The van der Waals surface area contributed by atoms with Crippen molar-refractivity contribution in [1.82, 2.24) is 9.88 Å². The number of fused-ring (bicyclic) bond motifs is 1. The first kappa shape index (κ1) is 15.1. The Balaban J connectivity index is 2.21. The van der Waals surface area contributed by atoms with Gasteiger partial charge in [0.05, 0.1) is 0 Å². The van der Waals surface area contributed by atoms with Crippen molar-refractivity contribution in [2.45, 2.75) is 32.4 Å². The topological polar surface area (TPSA) is 60.3 Å². The third-order valence-corrected chi connectivity index (χ3v) is 3.08. The Kier molecular flexibility index (Phi) is 4.02. The van der Waals surface area contributed by atoms with E-state index >= 15 is 0 Å². The van der Waals surface area contributed by atoms with E-state index in [1.165, 1.54) is 0 Å². The molecule has 1 atom stereocenters. The highest BCUT2D eigenvalue weighted by Crippen LogP contribution is 2.20. The molecule has 1 heterocycles. The number of carbonyl (C=O) groups excluding carboxylic acids is 2. The van der Waals surface area contributed by atoms with E-state index in [0.717, 1.165) is 16.5 Å². The summed E-state index contributed by atoms with van der Waals surface area (Å²) >= 11 is 0. The maximum absolute atomic E-state index is 11.8. The molecule has 5 nitrogen and oxygen atoms in total. The van der Waals surface area contributed by atoms with Crippen LogP contribution in [0.5, 0.6) is 0 Å². The number of aromatic nitrogens is 1. The SMILES string of the molecule is Cn1ccc2ccc(C(C=O)NC(=O)OC(C)(C)C)cc21. The molecule has 2 rings (SSSR count). The fraction of sp³-hybridized carbons (Fsp3) is 0.375. The molecule has 0 spiro atoms. The lowest BCUT2D eigenvalue weighted by atomic mass is 10.1. The van der Waals surface area contributed by atoms with Crippen molar-refractivity contribution < 1.29 is 14.3 Å². The van der Waals surface area contributed by atoms with Crippen molar-refractivity contribution in [3.8, 4) is 0 Å². The van der Waals surface area contributed by atoms with Gasteiger partial charge in [-0.3, -0.25) is 0 Å². The number of carbonyl (C=O) groups is 2. The summed E-state index contributed by atoms with van der Waals surface area (Å²) < 4.78 is 7.14. The molecular weight excluding hydrogens is 268 g/mol. The molecule has 1 amide bonds. The Bertz CT molecular complexity index is 668. The minimum absolute atomic E-state index is 0.598. The summed E-state index contributed by atoms with van der Waals surface area (Å²) in [5.74, 6) is 0. The molecule has 1 aromatic carbocycles. The molecule has 0 radical (unpaired) electrons. The molecule has 21 heavy (non-hydrogen) atoms. The second-order valence-electron chi connectivity index (χ2n) is 6.00. The minimum atomic E-state index is -0.723. The van der Waals surface area contributed by atoms with Gasteiger partial charge in [-0.1, -0.05) is 12.1 Å². The number of rotatable bonds is 3. The van der Waals surface area contributed by atoms with Gasteiger partial charge in [0.15, 0.2) is 0 Å². The van der Waals surface area contributed by atoms with E-state index in [2.05, 4.69) is 5.32 Å². The Morgan fingerprint density at radius 2 is 2.05 bits per heavy atom. The summed E-state index contributed by atoms with van der Waals surface area (Å²) in [5, 5.41) is 3.66. The van der Waals surface area contributed by atoms with E-state index in [1.807, 2.05) is 42.1 Å². The number of nitrogens with zero attached hydrogens (tertiary/aromatic N) is 1. The first-order valence-electron chi connectivity index (χ1n) is 6.80. The second-order valence-corrected chi connectivity index (χ2v) is 6.00. The van der Waals surface area contributed by atoms with Crippen LogP contribution in [-0.4, -0.2) is 22.5 Å². The van der Waals surface area contributed by atoms with Crippen LogP contribution < -0.4 is 5.32 Å². The molecule has 0 bridgehead atoms. The van der Waals surface area contributed by atoms with Crippen LogP contribution in [0.3, 0.4) is 0 Å². The molecule has 1 N–H and O–H groups in total. The number of amides is 1. The zero-order valence-corrected chi connectivity index (χ0v) is 12.7. The number of aryl methyl sites for hydroxylation is 1. The van der Waals surface area contributed by atoms with Crippen molar-refractivity contribution in [1.29, 1.82) is 0 Å². The van der Waals surface area contributed by atoms with E-state index in [0.29, 0.717) is 6.29 Å². The number of aldehydes is 1. The van der Waals surface area contributed by atoms with Gasteiger partial charge in [-0.2, -0.15) is 0 Å². The molecular formula is C16H20N2O3. The molecule has 0 aliphatic rings. The average Bonchev–Trinajstić information content (AvgIpc) is 2.75. The van der Waals surface area contributed by atoms with Crippen LogP contribution in [0.2, 0.25) is 0 Å². The van der Waals surface area contributed by atoms with E-state index in [1.54, 1.807) is 20.8 Å². The molecule has 0 saturated heterocycles. The number of alkyl carbamates (subject to hydrolysis) is 1. The summed E-state index contributed by atoms with van der Waals surface area (Å²) in [6.07, 6.45) is 2.05. The predicted octanol–water partition coefficient (Wildman–Crippen LogP) is 2.94. The second kappa shape index (κ2) is 5.60. The van der Waals surface area contributed by atoms with Crippen LogP contribution >= 0.6 is 0 Å². The number of ether oxygens (including phenoxy) is 1. The monoisotopic (exact) mass is 288 g/mol. The van der Waals surface area contributed by atoms with Crippen LogP contribution in [-0.2, 0) is 16.6 Å². The fourth-order valence-electron chi connectivity index (χ4n) is 2.10. The highest BCUT2D eigenvalue weighted by atomic mass is 16.6. The number of nitrogens with one attached hydrogen (secondary N) is 1. The van der Waals surface area contributed by atoms with E-state index in [-0.39, 0.29) is 0 Å². The maximum atomic E-state index is 11.8. The normalized spacial score (nSPS) is 13.0. The standard InChI is InChI=1S/C16H20N2O3/c1-16(2,3)21-15(20)17-13(10-19)12-6-5-11-7-8-18(4)14(11)9-12/h5-10,13H,1-4H3,(H,17,20). The zero-order valence-electron chi connectivity index (χ0n) is 12.7. The van der Waals surface area contributed by atoms with Gasteiger partial charge in [0.1, 0.15) is 17.9 Å². The van der Waals surface area contributed by atoms with Crippen LogP contribution in [0.15, 0.2) is 30.5 Å². The van der Waals surface area contributed by atoms with E-state index in [9.17, 15) is 9.59 Å². The molecule has 1 unspecified atom stereocenters. The Morgan fingerprint density at radius 1 is 1.33 bits per heavy atom. The highest BCUT2D eigenvalue weighted by molar-refractivity contribution is 5.82.